The molecule has 140 valence electrons. The monoisotopic (exact) mass is 376 g/mol. The quantitative estimate of drug-likeness (QED) is 0.854. The zero-order valence-corrected chi connectivity index (χ0v) is 16.0. The molecule has 0 saturated carbocycles. The van der Waals surface area contributed by atoms with Gasteiger partial charge in [-0.15, -0.1) is 0 Å². The number of aromatic nitrogens is 1. The van der Waals surface area contributed by atoms with Gasteiger partial charge in [-0.25, -0.2) is 13.4 Å². The first-order chi connectivity index (χ1) is 12.3. The first-order valence-electron chi connectivity index (χ1n) is 8.39. The molecule has 1 aromatic carbocycles. The summed E-state index contributed by atoms with van der Waals surface area (Å²) in [7, 11) is 1.92. The van der Waals surface area contributed by atoms with E-state index in [-0.39, 0.29) is 10.9 Å². The molecule has 1 aliphatic heterocycles. The van der Waals surface area contributed by atoms with E-state index < -0.39 is 10.0 Å². The average Bonchev–Trinajstić information content (AvgIpc) is 3.13. The van der Waals surface area contributed by atoms with E-state index in [9.17, 15) is 8.42 Å². The van der Waals surface area contributed by atoms with Crippen LogP contribution in [0.3, 0.4) is 0 Å². The Labute approximate surface area is 154 Å². The summed E-state index contributed by atoms with van der Waals surface area (Å²) in [5.41, 5.74) is 7.21. The number of nitrogens with zero attached hydrogens (tertiary/aromatic N) is 3. The van der Waals surface area contributed by atoms with Crippen LogP contribution in [0.5, 0.6) is 5.75 Å². The third-order valence-corrected chi connectivity index (χ3v) is 6.63. The van der Waals surface area contributed by atoms with Crippen molar-refractivity contribution in [1.29, 1.82) is 0 Å². The second kappa shape index (κ2) is 7.22. The van der Waals surface area contributed by atoms with E-state index in [0.717, 1.165) is 17.5 Å². The molecule has 7 nitrogen and oxygen atoms in total. The van der Waals surface area contributed by atoms with E-state index in [2.05, 4.69) is 9.88 Å². The van der Waals surface area contributed by atoms with Crippen molar-refractivity contribution in [1.82, 2.24) is 14.2 Å². The Bertz CT molecular complexity index is 882. The van der Waals surface area contributed by atoms with E-state index in [1.54, 1.807) is 30.5 Å². The summed E-state index contributed by atoms with van der Waals surface area (Å²) in [5, 5.41) is 0. The van der Waals surface area contributed by atoms with Crippen LogP contribution in [0.4, 0.5) is 5.82 Å². The van der Waals surface area contributed by atoms with Crippen LogP contribution >= 0.6 is 0 Å². The molecule has 1 aliphatic rings. The molecule has 1 fully saturated rings. The van der Waals surface area contributed by atoms with Crippen LogP contribution in [0.25, 0.3) is 11.1 Å². The Morgan fingerprint density at radius 3 is 2.62 bits per heavy atom. The Hall–Kier alpha value is -2.16. The van der Waals surface area contributed by atoms with Crippen LogP contribution < -0.4 is 10.5 Å². The Kier molecular flexibility index (Phi) is 5.17. The lowest BCUT2D eigenvalue weighted by Gasteiger charge is -2.21. The van der Waals surface area contributed by atoms with E-state index in [0.29, 0.717) is 24.7 Å². The summed E-state index contributed by atoms with van der Waals surface area (Å²) >= 11 is 0. The van der Waals surface area contributed by atoms with Gasteiger partial charge in [0.05, 0.1) is 12.0 Å². The third-order valence-electron chi connectivity index (χ3n) is 4.76. The molecule has 1 atom stereocenters. The fourth-order valence-corrected chi connectivity index (χ4v) is 4.64. The van der Waals surface area contributed by atoms with Crippen molar-refractivity contribution in [3.8, 4) is 16.9 Å². The molecule has 1 unspecified atom stereocenters. The molecule has 0 radical (unpaired) electrons. The molecule has 2 heterocycles. The summed E-state index contributed by atoms with van der Waals surface area (Å²) in [6, 6.07) is 8.71. The number of ether oxygens (including phenoxy) is 1. The van der Waals surface area contributed by atoms with Crippen molar-refractivity contribution in [3.63, 3.8) is 0 Å². The predicted octanol–water partition coefficient (Wildman–Crippen LogP) is 1.66. The number of nitrogen functional groups attached to an aromatic ring is 1. The lowest BCUT2D eigenvalue weighted by atomic mass is 10.1. The first-order valence-corrected chi connectivity index (χ1v) is 9.83. The fourth-order valence-electron chi connectivity index (χ4n) is 3.13. The first kappa shape index (κ1) is 18.6. The minimum atomic E-state index is -3.55. The Balaban J connectivity index is 1.93. The van der Waals surface area contributed by atoms with Crippen LogP contribution in [-0.4, -0.2) is 62.9 Å². The van der Waals surface area contributed by atoms with Crippen molar-refractivity contribution >= 4 is 15.8 Å². The highest BCUT2D eigenvalue weighted by Crippen LogP contribution is 2.33. The van der Waals surface area contributed by atoms with Gasteiger partial charge in [-0.05, 0) is 44.8 Å². The number of methoxy groups -OCH3 is 1. The predicted molar refractivity (Wildman–Crippen MR) is 101 cm³/mol. The van der Waals surface area contributed by atoms with E-state index in [1.165, 1.54) is 11.4 Å². The highest BCUT2D eigenvalue weighted by atomic mass is 32.2. The second-order valence-corrected chi connectivity index (χ2v) is 8.54. The van der Waals surface area contributed by atoms with E-state index >= 15 is 0 Å². The van der Waals surface area contributed by atoms with Crippen LogP contribution in [-0.2, 0) is 10.0 Å². The van der Waals surface area contributed by atoms with E-state index in [1.807, 2.05) is 20.2 Å². The van der Waals surface area contributed by atoms with Crippen LogP contribution in [0.2, 0.25) is 0 Å². The molecular formula is C18H24N4O3S. The van der Waals surface area contributed by atoms with Crippen molar-refractivity contribution in [2.24, 2.45) is 0 Å². The SMILES string of the molecule is COc1cc(S(=O)(=O)N2CCC(N(C)C)C2)ccc1-c1ccc(N)nc1. The summed E-state index contributed by atoms with van der Waals surface area (Å²) in [6.07, 6.45) is 2.47. The van der Waals surface area contributed by atoms with Crippen molar-refractivity contribution < 1.29 is 13.2 Å². The van der Waals surface area contributed by atoms with Crippen LogP contribution in [0.15, 0.2) is 41.4 Å². The van der Waals surface area contributed by atoms with Gasteiger partial charge in [0, 0.05) is 42.5 Å². The lowest BCUT2D eigenvalue weighted by Crippen LogP contribution is -2.34. The average molecular weight is 376 g/mol. The molecule has 2 aromatic rings. The number of hydrogen-bond donors (Lipinski definition) is 1. The Morgan fingerprint density at radius 1 is 1.27 bits per heavy atom. The maximum Gasteiger partial charge on any atom is 0.243 e. The second-order valence-electron chi connectivity index (χ2n) is 6.60. The smallest absolute Gasteiger partial charge is 0.243 e. The largest absolute Gasteiger partial charge is 0.496 e. The molecule has 26 heavy (non-hydrogen) atoms. The molecule has 0 amide bonds. The molecule has 0 spiro atoms. The number of likely N-dealkylation sites (N-methyl/N-ethyl adjacent to an activating group) is 1. The highest BCUT2D eigenvalue weighted by Gasteiger charge is 2.33. The standard InChI is InChI=1S/C18H24N4O3S/c1-21(2)14-8-9-22(12-14)26(23,24)15-5-6-16(17(10-15)25-3)13-4-7-18(19)20-11-13/h4-7,10-11,14H,8-9,12H2,1-3H3,(H2,19,20). The van der Waals surface area contributed by atoms with Gasteiger partial charge < -0.3 is 15.4 Å². The number of pyridine rings is 1. The zero-order valence-electron chi connectivity index (χ0n) is 15.2. The lowest BCUT2D eigenvalue weighted by molar-refractivity contribution is 0.302. The van der Waals surface area contributed by atoms with Gasteiger partial charge in [-0.3, -0.25) is 0 Å². The normalized spacial score (nSPS) is 18.4. The summed E-state index contributed by atoms with van der Waals surface area (Å²) < 4.78 is 32.9. The number of nitrogens with two attached hydrogens (primary N) is 1. The minimum absolute atomic E-state index is 0.237. The highest BCUT2D eigenvalue weighted by molar-refractivity contribution is 7.89. The van der Waals surface area contributed by atoms with Gasteiger partial charge >= 0.3 is 0 Å². The van der Waals surface area contributed by atoms with Crippen molar-refractivity contribution in [2.45, 2.75) is 17.4 Å². The molecule has 1 aromatic heterocycles. The van der Waals surface area contributed by atoms with Gasteiger partial charge in [-0.2, -0.15) is 4.31 Å². The molecule has 1 saturated heterocycles. The maximum absolute atomic E-state index is 13.0. The molecule has 0 bridgehead atoms. The van der Waals surface area contributed by atoms with Gasteiger partial charge in [0.2, 0.25) is 10.0 Å². The van der Waals surface area contributed by atoms with Gasteiger partial charge in [0.15, 0.2) is 0 Å². The number of rotatable bonds is 5. The number of benzene rings is 1. The Morgan fingerprint density at radius 2 is 2.04 bits per heavy atom. The van der Waals surface area contributed by atoms with Crippen LogP contribution in [0.1, 0.15) is 6.42 Å². The van der Waals surface area contributed by atoms with Gasteiger partial charge in [-0.1, -0.05) is 0 Å². The third kappa shape index (κ3) is 3.53. The topological polar surface area (TPSA) is 88.8 Å². The molecule has 2 N–H and O–H groups in total. The van der Waals surface area contributed by atoms with Crippen molar-refractivity contribution in [2.75, 3.05) is 40.0 Å². The van der Waals surface area contributed by atoms with Crippen molar-refractivity contribution in [3.05, 3.63) is 36.5 Å². The fraction of sp³-hybridized carbons (Fsp3) is 0.389. The summed E-state index contributed by atoms with van der Waals surface area (Å²) in [4.78, 5) is 6.38. The number of anilines is 1. The number of hydrogen-bond acceptors (Lipinski definition) is 6. The van der Waals surface area contributed by atoms with Gasteiger partial charge in [0.25, 0.3) is 0 Å². The molecule has 8 heteroatoms. The number of sulfonamides is 1. The van der Waals surface area contributed by atoms with E-state index in [4.69, 9.17) is 10.5 Å². The summed E-state index contributed by atoms with van der Waals surface area (Å²) in [5.74, 6) is 0.914. The summed E-state index contributed by atoms with van der Waals surface area (Å²) in [6.45, 7) is 1.03. The maximum atomic E-state index is 13.0. The zero-order chi connectivity index (χ0) is 18.9. The van der Waals surface area contributed by atoms with Crippen LogP contribution in [0, 0.1) is 0 Å². The van der Waals surface area contributed by atoms with Gasteiger partial charge in [0.1, 0.15) is 11.6 Å². The molecular weight excluding hydrogens is 352 g/mol. The molecule has 0 aliphatic carbocycles. The molecule has 3 rings (SSSR count). The minimum Gasteiger partial charge on any atom is -0.496 e.